The molecule has 4 aromatic rings. The van der Waals surface area contributed by atoms with Crippen LogP contribution in [0.4, 0.5) is 11.4 Å². The largest absolute Gasteiger partial charge is 0.494 e. The van der Waals surface area contributed by atoms with Gasteiger partial charge < -0.3 is 4.74 Å². The van der Waals surface area contributed by atoms with Crippen LogP contribution in [0.3, 0.4) is 0 Å². The molecule has 3 aromatic carbocycles. The lowest BCUT2D eigenvalue weighted by Crippen LogP contribution is -2.00. The predicted octanol–water partition coefficient (Wildman–Crippen LogP) is 5.51. The van der Waals surface area contributed by atoms with Crippen LogP contribution in [0, 0.1) is 17.0 Å². The molecule has 0 N–H and O–H groups in total. The van der Waals surface area contributed by atoms with Crippen LogP contribution < -0.4 is 9.54 Å². The van der Waals surface area contributed by atoms with E-state index in [1.54, 1.807) is 12.1 Å². The maximum Gasteiger partial charge on any atom is 0.269 e. The molecule has 0 amide bonds. The second-order valence-corrected chi connectivity index (χ2v) is 8.16. The first-order valence-corrected chi connectivity index (χ1v) is 11.0. The van der Waals surface area contributed by atoms with E-state index in [4.69, 9.17) is 9.72 Å². The molecule has 0 aliphatic rings. The van der Waals surface area contributed by atoms with Crippen LogP contribution in [0.15, 0.2) is 77.8 Å². The molecule has 0 spiro atoms. The number of nitro groups is 1. The summed E-state index contributed by atoms with van der Waals surface area (Å²) in [5.41, 5.74) is 3.98. The average Bonchev–Trinajstić information content (AvgIpc) is 3.18. The quantitative estimate of drug-likeness (QED) is 0.277. The molecule has 7 nitrogen and oxygen atoms in total. The molecule has 0 bridgehead atoms. The minimum atomic E-state index is -0.394. The van der Waals surface area contributed by atoms with Crippen molar-refractivity contribution in [3.05, 3.63) is 98.8 Å². The van der Waals surface area contributed by atoms with Crippen molar-refractivity contribution < 1.29 is 9.66 Å². The number of aryl methyl sites for hydroxylation is 1. The third-order valence-electron chi connectivity index (χ3n) is 4.79. The van der Waals surface area contributed by atoms with Crippen molar-refractivity contribution in [2.24, 2.45) is 4.99 Å². The number of rotatable bonds is 7. The van der Waals surface area contributed by atoms with Gasteiger partial charge in [-0.3, -0.25) is 14.1 Å². The Balaban J connectivity index is 1.71. The third kappa shape index (κ3) is 5.09. The highest BCUT2D eigenvalue weighted by Crippen LogP contribution is 2.22. The van der Waals surface area contributed by atoms with Gasteiger partial charge in [-0.1, -0.05) is 42.0 Å². The van der Waals surface area contributed by atoms with Gasteiger partial charge in [-0.2, -0.15) is 4.98 Å². The minimum Gasteiger partial charge on any atom is -0.494 e. The van der Waals surface area contributed by atoms with Gasteiger partial charge in [0.25, 0.3) is 5.69 Å². The second-order valence-electron chi connectivity index (χ2n) is 7.17. The lowest BCUT2D eigenvalue weighted by molar-refractivity contribution is -0.384. The van der Waals surface area contributed by atoms with Gasteiger partial charge in [0.05, 0.1) is 23.8 Å². The number of nitro benzene ring substituents is 1. The Morgan fingerprint density at radius 2 is 1.72 bits per heavy atom. The highest BCUT2D eigenvalue weighted by Gasteiger charge is 2.11. The molecule has 0 fully saturated rings. The zero-order valence-electron chi connectivity index (χ0n) is 17.8. The lowest BCUT2D eigenvalue weighted by Gasteiger charge is -2.07. The molecule has 0 aliphatic heterocycles. The van der Waals surface area contributed by atoms with Crippen molar-refractivity contribution in [3.8, 4) is 17.1 Å². The van der Waals surface area contributed by atoms with E-state index < -0.39 is 4.92 Å². The predicted molar refractivity (Wildman–Crippen MR) is 125 cm³/mol. The molecule has 1 heterocycles. The number of non-ortho nitro benzene ring substituents is 1. The molecule has 4 rings (SSSR count). The van der Waals surface area contributed by atoms with E-state index in [-0.39, 0.29) is 5.69 Å². The van der Waals surface area contributed by atoms with Crippen LogP contribution in [-0.4, -0.2) is 20.5 Å². The van der Waals surface area contributed by atoms with Crippen molar-refractivity contribution >= 4 is 22.9 Å². The fourth-order valence-electron chi connectivity index (χ4n) is 3.16. The Bertz CT molecular complexity index is 1270. The van der Waals surface area contributed by atoms with E-state index in [2.05, 4.69) is 8.95 Å². The molecular formula is C24H22N4O3S. The minimum absolute atomic E-state index is 0.0769. The second kappa shape index (κ2) is 9.57. The third-order valence-corrected chi connectivity index (χ3v) is 5.65. The smallest absolute Gasteiger partial charge is 0.269 e. The van der Waals surface area contributed by atoms with Gasteiger partial charge in [0.2, 0.25) is 4.80 Å². The summed E-state index contributed by atoms with van der Waals surface area (Å²) in [6, 6.07) is 22.3. The number of nitrogens with zero attached hydrogens (tertiary/aromatic N) is 4. The van der Waals surface area contributed by atoms with Gasteiger partial charge in [-0.15, -0.1) is 0 Å². The Morgan fingerprint density at radius 1 is 1.03 bits per heavy atom. The molecule has 0 saturated heterocycles. The van der Waals surface area contributed by atoms with E-state index in [0.29, 0.717) is 18.0 Å². The van der Waals surface area contributed by atoms with Crippen molar-refractivity contribution in [2.45, 2.75) is 20.4 Å². The number of aromatic nitrogens is 2. The Kier molecular flexibility index (Phi) is 6.42. The highest BCUT2D eigenvalue weighted by molar-refractivity contribution is 7.03. The van der Waals surface area contributed by atoms with Gasteiger partial charge >= 0.3 is 0 Å². The summed E-state index contributed by atoms with van der Waals surface area (Å²) in [4.78, 5) is 20.6. The molecule has 0 saturated carbocycles. The van der Waals surface area contributed by atoms with E-state index in [1.807, 2.05) is 62.4 Å². The summed E-state index contributed by atoms with van der Waals surface area (Å²) >= 11 is 1.45. The highest BCUT2D eigenvalue weighted by atomic mass is 32.1. The Hall–Kier alpha value is -3.78. The van der Waals surface area contributed by atoms with Crippen LogP contribution >= 0.6 is 11.5 Å². The number of benzene rings is 3. The summed E-state index contributed by atoms with van der Waals surface area (Å²) in [6.45, 7) is 5.15. The lowest BCUT2D eigenvalue weighted by atomic mass is 10.1. The molecule has 0 atom stereocenters. The summed E-state index contributed by atoms with van der Waals surface area (Å²) in [6.07, 6.45) is 0. The number of hydrogen-bond acceptors (Lipinski definition) is 6. The maximum absolute atomic E-state index is 10.9. The fraction of sp³-hybridized carbons (Fsp3) is 0.167. The molecule has 162 valence electrons. The summed E-state index contributed by atoms with van der Waals surface area (Å²) in [7, 11) is 0. The van der Waals surface area contributed by atoms with Gasteiger partial charge in [0.15, 0.2) is 5.82 Å². The van der Waals surface area contributed by atoms with Crippen LogP contribution in [0.25, 0.3) is 11.4 Å². The van der Waals surface area contributed by atoms with E-state index in [1.165, 1.54) is 29.2 Å². The van der Waals surface area contributed by atoms with Crippen LogP contribution in [-0.2, 0) is 6.54 Å². The maximum atomic E-state index is 10.9. The Morgan fingerprint density at radius 3 is 2.34 bits per heavy atom. The van der Waals surface area contributed by atoms with E-state index in [0.717, 1.165) is 28.4 Å². The molecule has 0 aliphatic carbocycles. The van der Waals surface area contributed by atoms with Crippen LogP contribution in [0.2, 0.25) is 0 Å². The zero-order valence-corrected chi connectivity index (χ0v) is 18.6. The molecule has 1 aromatic heterocycles. The van der Waals surface area contributed by atoms with Gasteiger partial charge in [0.1, 0.15) is 5.75 Å². The Labute approximate surface area is 189 Å². The van der Waals surface area contributed by atoms with Crippen LogP contribution in [0.1, 0.15) is 18.1 Å². The van der Waals surface area contributed by atoms with Crippen molar-refractivity contribution in [3.63, 3.8) is 0 Å². The molecular weight excluding hydrogens is 424 g/mol. The topological polar surface area (TPSA) is 82.5 Å². The summed E-state index contributed by atoms with van der Waals surface area (Å²) in [5, 5.41) is 10.9. The van der Waals surface area contributed by atoms with Crippen molar-refractivity contribution in [1.29, 1.82) is 0 Å². The zero-order chi connectivity index (χ0) is 22.5. The summed E-state index contributed by atoms with van der Waals surface area (Å²) in [5.74, 6) is 1.61. The molecule has 32 heavy (non-hydrogen) atoms. The summed E-state index contributed by atoms with van der Waals surface area (Å²) < 4.78 is 7.55. The SMILES string of the molecule is CCOc1ccc(N=c2nc(-c3ccc(C)cc3)n(Cc3ccc([N+](=O)[O-])cc3)s2)cc1. The molecule has 0 unspecified atom stereocenters. The molecule has 8 heteroatoms. The average molecular weight is 447 g/mol. The fourth-order valence-corrected chi connectivity index (χ4v) is 4.07. The van der Waals surface area contributed by atoms with Crippen molar-refractivity contribution in [2.75, 3.05) is 6.61 Å². The first kappa shape index (κ1) is 21.5. The number of hydrogen-bond donors (Lipinski definition) is 0. The van der Waals surface area contributed by atoms with Crippen molar-refractivity contribution in [1.82, 2.24) is 8.94 Å². The van der Waals surface area contributed by atoms with Gasteiger partial charge in [-0.05, 0) is 55.2 Å². The molecule has 0 radical (unpaired) electrons. The van der Waals surface area contributed by atoms with Gasteiger partial charge in [-0.25, -0.2) is 4.99 Å². The van der Waals surface area contributed by atoms with Crippen LogP contribution in [0.5, 0.6) is 5.75 Å². The first-order valence-electron chi connectivity index (χ1n) is 10.2. The number of ether oxygens (including phenoxy) is 1. The van der Waals surface area contributed by atoms with E-state index >= 15 is 0 Å². The standard InChI is InChI=1S/C24H22N4O3S/c1-3-31-22-14-10-20(11-15-22)25-24-26-23(19-8-4-17(2)5-9-19)27(32-24)16-18-6-12-21(13-7-18)28(29)30/h4-15H,3,16H2,1-2H3. The first-order chi connectivity index (χ1) is 15.5. The normalized spacial score (nSPS) is 11.5. The van der Waals surface area contributed by atoms with Gasteiger partial charge in [0, 0.05) is 17.7 Å². The van der Waals surface area contributed by atoms with E-state index in [9.17, 15) is 10.1 Å². The monoisotopic (exact) mass is 446 g/mol.